The largest absolute Gasteiger partial charge is 0.350 e. The Bertz CT molecular complexity index is 768. The molecule has 2 aromatic carbocycles. The Kier molecular flexibility index (Phi) is 8.40. The van der Waals surface area contributed by atoms with E-state index in [9.17, 15) is 0 Å². The third-order valence-electron chi connectivity index (χ3n) is 6.52. The molecule has 0 aromatic heterocycles. The molecule has 0 spiro atoms. The molecule has 2 unspecified atom stereocenters. The molecule has 0 amide bonds. The predicted octanol–water partition coefficient (Wildman–Crippen LogP) is 5.33. The quantitative estimate of drug-likeness (QED) is 0.313. The molecule has 2 rings (SSSR count). The molecule has 0 radical (unpaired) electrons. The van der Waals surface area contributed by atoms with Crippen LogP contribution in [0.5, 0.6) is 0 Å². The number of hydrogen-bond donors (Lipinski definition) is 0. The van der Waals surface area contributed by atoms with Crippen molar-refractivity contribution >= 4 is 26.8 Å². The van der Waals surface area contributed by atoms with Gasteiger partial charge in [-0.2, -0.15) is 0 Å². The van der Waals surface area contributed by atoms with Gasteiger partial charge in [-0.15, -0.1) is 0 Å². The fraction of sp³-hybridized carbons (Fsp3) is 0.462. The highest BCUT2D eigenvalue weighted by atomic mass is 28.3. The molecule has 0 aliphatic rings. The van der Waals surface area contributed by atoms with E-state index in [1.54, 1.807) is 0 Å². The smallest absolute Gasteiger partial charge is 0.191 e. The number of rotatable bonds is 8. The zero-order valence-corrected chi connectivity index (χ0v) is 22.2. The summed E-state index contributed by atoms with van der Waals surface area (Å²) in [5.74, 6) is 0. The van der Waals surface area contributed by atoms with Gasteiger partial charge in [-0.05, 0) is 63.3 Å². The summed E-state index contributed by atoms with van der Waals surface area (Å²) in [5.41, 5.74) is 0. The van der Waals surface area contributed by atoms with Gasteiger partial charge in [0.05, 0.1) is 0 Å². The van der Waals surface area contributed by atoms with Gasteiger partial charge in [0.25, 0.3) is 0 Å². The van der Waals surface area contributed by atoms with Crippen LogP contribution in [0.15, 0.2) is 60.7 Å². The summed E-state index contributed by atoms with van der Waals surface area (Å²) in [5, 5.41) is 2.88. The van der Waals surface area contributed by atoms with Crippen LogP contribution >= 0.6 is 0 Å². The van der Waals surface area contributed by atoms with E-state index in [-0.39, 0.29) is 0 Å². The van der Waals surface area contributed by atoms with Crippen molar-refractivity contribution in [2.45, 2.75) is 78.8 Å². The Labute approximate surface area is 187 Å². The summed E-state index contributed by atoms with van der Waals surface area (Å²) in [4.78, 5) is 0. The third-order valence-corrected chi connectivity index (χ3v) is 13.5. The molecule has 0 heterocycles. The molecule has 0 saturated heterocycles. The van der Waals surface area contributed by atoms with Gasteiger partial charge in [0.2, 0.25) is 0 Å². The molecule has 2 atom stereocenters. The molecule has 0 aliphatic carbocycles. The summed E-state index contributed by atoms with van der Waals surface area (Å²) in [7, 11) is -3.79. The average Bonchev–Trinajstić information content (AvgIpc) is 2.76. The standard InChI is InChI=1S/C26H40N2Si2/c1-9-23(3)27(29(5,6)25-17-13-11-14-18-25)21-22-28(24(4)10-2)30(7,8)26-19-15-12-16-20-26/h11-20,23-24H,9-10H2,1-8H3. The van der Waals surface area contributed by atoms with Crippen LogP contribution in [0.25, 0.3) is 0 Å². The maximum atomic E-state index is 3.71. The first-order valence-corrected chi connectivity index (χ1v) is 17.3. The van der Waals surface area contributed by atoms with Crippen molar-refractivity contribution in [2.75, 3.05) is 0 Å². The number of benzene rings is 2. The van der Waals surface area contributed by atoms with Crippen molar-refractivity contribution in [1.29, 1.82) is 0 Å². The molecule has 0 fully saturated rings. The first-order chi connectivity index (χ1) is 14.2. The van der Waals surface area contributed by atoms with Crippen molar-refractivity contribution < 1.29 is 0 Å². The van der Waals surface area contributed by atoms with Crippen LogP contribution in [0, 0.1) is 12.1 Å². The second kappa shape index (κ2) is 10.4. The molecule has 30 heavy (non-hydrogen) atoms. The van der Waals surface area contributed by atoms with Crippen LogP contribution in [0.3, 0.4) is 0 Å². The van der Waals surface area contributed by atoms with E-state index in [2.05, 4.69) is 136 Å². The van der Waals surface area contributed by atoms with Crippen molar-refractivity contribution in [3.05, 3.63) is 60.7 Å². The van der Waals surface area contributed by atoms with Gasteiger partial charge in [0.1, 0.15) is 0 Å². The molecular weight excluding hydrogens is 396 g/mol. The van der Waals surface area contributed by atoms with E-state index < -0.39 is 16.5 Å². The summed E-state index contributed by atoms with van der Waals surface area (Å²) in [6.07, 6.45) is 2.20. The predicted molar refractivity (Wildman–Crippen MR) is 138 cm³/mol. The van der Waals surface area contributed by atoms with Crippen LogP contribution in [0.2, 0.25) is 26.2 Å². The molecule has 0 bridgehead atoms. The van der Waals surface area contributed by atoms with E-state index >= 15 is 0 Å². The third kappa shape index (κ3) is 5.39. The van der Waals surface area contributed by atoms with Crippen LogP contribution < -0.4 is 10.4 Å². The zero-order chi connectivity index (χ0) is 22.4. The van der Waals surface area contributed by atoms with E-state index in [1.807, 2.05) is 0 Å². The summed E-state index contributed by atoms with van der Waals surface area (Å²) >= 11 is 0. The van der Waals surface area contributed by atoms with E-state index in [0.717, 1.165) is 12.8 Å². The number of nitrogens with zero attached hydrogens (tertiary/aromatic N) is 2. The lowest BCUT2D eigenvalue weighted by Crippen LogP contribution is -2.60. The second-order valence-electron chi connectivity index (χ2n) is 9.33. The van der Waals surface area contributed by atoms with Crippen LogP contribution in [-0.2, 0) is 0 Å². The maximum Gasteiger partial charge on any atom is 0.191 e. The minimum Gasteiger partial charge on any atom is -0.350 e. The van der Waals surface area contributed by atoms with Crippen molar-refractivity contribution in [1.82, 2.24) is 9.13 Å². The van der Waals surface area contributed by atoms with Gasteiger partial charge < -0.3 is 9.13 Å². The fourth-order valence-electron chi connectivity index (χ4n) is 4.04. The van der Waals surface area contributed by atoms with Gasteiger partial charge in [0.15, 0.2) is 16.5 Å². The highest BCUT2D eigenvalue weighted by molar-refractivity contribution is 6.88. The Morgan fingerprint density at radius 1 is 0.633 bits per heavy atom. The SMILES string of the molecule is CCC(C)N(C#CN(C(C)CC)[Si](C)(C)c1ccccc1)[Si](C)(C)c1ccccc1. The molecule has 162 valence electrons. The Morgan fingerprint density at radius 2 is 0.933 bits per heavy atom. The van der Waals surface area contributed by atoms with Gasteiger partial charge in [-0.25, -0.2) is 0 Å². The Hall–Kier alpha value is -1.97. The summed E-state index contributed by atoms with van der Waals surface area (Å²) < 4.78 is 5.01. The van der Waals surface area contributed by atoms with Gasteiger partial charge in [-0.3, -0.25) is 0 Å². The molecule has 0 aliphatic heterocycles. The van der Waals surface area contributed by atoms with E-state index in [1.165, 1.54) is 10.4 Å². The highest BCUT2D eigenvalue weighted by Gasteiger charge is 2.35. The van der Waals surface area contributed by atoms with E-state index in [0.29, 0.717) is 12.1 Å². The summed E-state index contributed by atoms with van der Waals surface area (Å²) in [6.45, 7) is 18.9. The topological polar surface area (TPSA) is 6.48 Å². The lowest BCUT2D eigenvalue weighted by atomic mass is 10.3. The van der Waals surface area contributed by atoms with Crippen molar-refractivity contribution in [2.24, 2.45) is 0 Å². The Balaban J connectivity index is 2.50. The second-order valence-corrected chi connectivity index (χ2v) is 17.7. The lowest BCUT2D eigenvalue weighted by molar-refractivity contribution is 0.422. The maximum absolute atomic E-state index is 3.71. The van der Waals surface area contributed by atoms with Crippen LogP contribution in [0.4, 0.5) is 0 Å². The van der Waals surface area contributed by atoms with Gasteiger partial charge in [-0.1, -0.05) is 74.5 Å². The molecule has 4 heteroatoms. The van der Waals surface area contributed by atoms with Crippen molar-refractivity contribution in [3.8, 4) is 12.1 Å². The van der Waals surface area contributed by atoms with Crippen LogP contribution in [0.1, 0.15) is 40.5 Å². The molecule has 0 saturated carbocycles. The molecule has 2 nitrogen and oxygen atoms in total. The number of hydrogen-bond acceptors (Lipinski definition) is 2. The lowest BCUT2D eigenvalue weighted by Gasteiger charge is -2.41. The highest BCUT2D eigenvalue weighted by Crippen LogP contribution is 2.18. The molecule has 2 aromatic rings. The minimum absolute atomic E-state index is 0.430. The van der Waals surface area contributed by atoms with E-state index in [4.69, 9.17) is 0 Å². The average molecular weight is 437 g/mol. The van der Waals surface area contributed by atoms with Gasteiger partial charge >= 0.3 is 0 Å². The van der Waals surface area contributed by atoms with Crippen molar-refractivity contribution in [3.63, 3.8) is 0 Å². The first-order valence-electron chi connectivity index (χ1n) is 11.4. The van der Waals surface area contributed by atoms with Gasteiger partial charge in [0, 0.05) is 24.2 Å². The monoisotopic (exact) mass is 436 g/mol. The fourth-order valence-corrected chi connectivity index (χ4v) is 9.85. The Morgan fingerprint density at radius 3 is 1.20 bits per heavy atom. The summed E-state index contributed by atoms with van der Waals surface area (Å²) in [6, 6.07) is 30.2. The minimum atomic E-state index is -1.89. The first kappa shape index (κ1) is 24.3. The molecular formula is C26H40N2Si2. The molecule has 0 N–H and O–H groups in total. The normalized spacial score (nSPS) is 13.7. The zero-order valence-electron chi connectivity index (χ0n) is 20.2. The van der Waals surface area contributed by atoms with Crippen LogP contribution in [-0.4, -0.2) is 37.7 Å².